The van der Waals surface area contributed by atoms with Gasteiger partial charge < -0.3 is 15.4 Å². The first-order valence-corrected chi connectivity index (χ1v) is 7.53. The van der Waals surface area contributed by atoms with Gasteiger partial charge in [-0.1, -0.05) is 30.3 Å². The minimum Gasteiger partial charge on any atom is -0.497 e. The van der Waals surface area contributed by atoms with Crippen molar-refractivity contribution in [2.45, 2.75) is 12.0 Å². The van der Waals surface area contributed by atoms with E-state index in [1.165, 1.54) is 19.2 Å². The highest BCUT2D eigenvalue weighted by molar-refractivity contribution is 5.95. The predicted molar refractivity (Wildman–Crippen MR) is 86.0 cm³/mol. The van der Waals surface area contributed by atoms with Gasteiger partial charge in [0.1, 0.15) is 11.6 Å². The van der Waals surface area contributed by atoms with E-state index in [-0.39, 0.29) is 23.4 Å². The van der Waals surface area contributed by atoms with E-state index in [0.29, 0.717) is 18.8 Å². The lowest BCUT2D eigenvalue weighted by atomic mass is 9.95. The van der Waals surface area contributed by atoms with Gasteiger partial charge in [0.05, 0.1) is 12.7 Å². The molecule has 1 saturated heterocycles. The molecule has 5 heteroatoms. The summed E-state index contributed by atoms with van der Waals surface area (Å²) in [7, 11) is 1.46. The number of amides is 1. The van der Waals surface area contributed by atoms with Gasteiger partial charge in [-0.15, -0.1) is 0 Å². The van der Waals surface area contributed by atoms with Crippen LogP contribution in [0.4, 0.5) is 4.39 Å². The molecule has 1 amide bonds. The number of ether oxygens (including phenoxy) is 1. The van der Waals surface area contributed by atoms with Crippen LogP contribution >= 0.6 is 0 Å². The largest absolute Gasteiger partial charge is 0.497 e. The van der Waals surface area contributed by atoms with Crippen LogP contribution in [-0.2, 0) is 0 Å². The molecule has 4 nitrogen and oxygen atoms in total. The van der Waals surface area contributed by atoms with Gasteiger partial charge in [-0.25, -0.2) is 4.39 Å². The number of rotatable bonds is 3. The number of likely N-dealkylation sites (tertiary alicyclic amines) is 1. The number of carbonyl (C=O) groups excluding carboxylic acids is 1. The second kappa shape index (κ2) is 6.38. The zero-order valence-corrected chi connectivity index (χ0v) is 12.9. The molecular weight excluding hydrogens is 295 g/mol. The summed E-state index contributed by atoms with van der Waals surface area (Å²) in [4.78, 5) is 14.2. The van der Waals surface area contributed by atoms with Crippen molar-refractivity contribution < 1.29 is 13.9 Å². The van der Waals surface area contributed by atoms with Gasteiger partial charge in [-0.05, 0) is 17.7 Å². The minimum absolute atomic E-state index is 0.0479. The molecule has 23 heavy (non-hydrogen) atoms. The Morgan fingerprint density at radius 3 is 2.61 bits per heavy atom. The van der Waals surface area contributed by atoms with Crippen LogP contribution in [0.5, 0.6) is 5.75 Å². The highest BCUT2D eigenvalue weighted by Crippen LogP contribution is 2.28. The molecule has 1 aliphatic rings. The molecule has 0 unspecified atom stereocenters. The predicted octanol–water partition coefficient (Wildman–Crippen LogP) is 2.40. The monoisotopic (exact) mass is 314 g/mol. The fourth-order valence-corrected chi connectivity index (χ4v) is 3.01. The van der Waals surface area contributed by atoms with E-state index in [4.69, 9.17) is 10.5 Å². The van der Waals surface area contributed by atoms with Crippen molar-refractivity contribution in [1.29, 1.82) is 0 Å². The van der Waals surface area contributed by atoms with Crippen LogP contribution in [0.3, 0.4) is 0 Å². The van der Waals surface area contributed by atoms with Crippen LogP contribution in [-0.4, -0.2) is 37.0 Å². The number of carbonyl (C=O) groups is 1. The third-order valence-corrected chi connectivity index (χ3v) is 4.29. The van der Waals surface area contributed by atoms with Gasteiger partial charge in [0.2, 0.25) is 0 Å². The van der Waals surface area contributed by atoms with Crippen molar-refractivity contribution >= 4 is 5.91 Å². The maximum atomic E-state index is 14.1. The van der Waals surface area contributed by atoms with Gasteiger partial charge in [0.15, 0.2) is 0 Å². The van der Waals surface area contributed by atoms with Gasteiger partial charge in [-0.2, -0.15) is 0 Å². The first-order valence-electron chi connectivity index (χ1n) is 7.53. The van der Waals surface area contributed by atoms with Crippen molar-refractivity contribution in [2.24, 2.45) is 5.73 Å². The highest BCUT2D eigenvalue weighted by atomic mass is 19.1. The summed E-state index contributed by atoms with van der Waals surface area (Å²) in [6.07, 6.45) is 0. The number of nitrogens with zero attached hydrogens (tertiary/aromatic N) is 1. The summed E-state index contributed by atoms with van der Waals surface area (Å²) in [5, 5.41) is 0. The Morgan fingerprint density at radius 1 is 1.22 bits per heavy atom. The first kappa shape index (κ1) is 15.5. The normalized spacial score (nSPS) is 20.6. The molecule has 120 valence electrons. The summed E-state index contributed by atoms with van der Waals surface area (Å²) < 4.78 is 19.1. The highest BCUT2D eigenvalue weighted by Gasteiger charge is 2.34. The summed E-state index contributed by atoms with van der Waals surface area (Å²) in [6.45, 7) is 0.916. The molecular formula is C18H19FN2O2. The summed E-state index contributed by atoms with van der Waals surface area (Å²) in [5.41, 5.74) is 7.34. The Hall–Kier alpha value is -2.40. The van der Waals surface area contributed by atoms with Crippen LogP contribution in [0.15, 0.2) is 48.5 Å². The summed E-state index contributed by atoms with van der Waals surface area (Å²) in [5.74, 6) is -0.453. The quantitative estimate of drug-likeness (QED) is 0.946. The summed E-state index contributed by atoms with van der Waals surface area (Å²) in [6, 6.07) is 14.0. The molecule has 3 rings (SSSR count). The number of benzene rings is 2. The lowest BCUT2D eigenvalue weighted by Crippen LogP contribution is -2.32. The van der Waals surface area contributed by atoms with Crippen molar-refractivity contribution in [2.75, 3.05) is 20.2 Å². The smallest absolute Gasteiger partial charge is 0.256 e. The van der Waals surface area contributed by atoms with E-state index >= 15 is 0 Å². The number of nitrogens with two attached hydrogens (primary N) is 1. The topological polar surface area (TPSA) is 55.6 Å². The fourth-order valence-electron chi connectivity index (χ4n) is 3.01. The molecule has 0 aliphatic carbocycles. The van der Waals surface area contributed by atoms with Crippen molar-refractivity contribution in [3.05, 3.63) is 65.5 Å². The average molecular weight is 314 g/mol. The molecule has 0 radical (unpaired) electrons. The lowest BCUT2D eigenvalue weighted by Gasteiger charge is -2.17. The second-order valence-electron chi connectivity index (χ2n) is 5.74. The number of halogens is 1. The maximum Gasteiger partial charge on any atom is 0.256 e. The zero-order chi connectivity index (χ0) is 16.4. The van der Waals surface area contributed by atoms with E-state index in [2.05, 4.69) is 0 Å². The maximum absolute atomic E-state index is 14.1. The molecule has 0 spiro atoms. The van der Waals surface area contributed by atoms with E-state index in [1.807, 2.05) is 30.3 Å². The van der Waals surface area contributed by atoms with Crippen molar-refractivity contribution in [3.63, 3.8) is 0 Å². The first-order chi connectivity index (χ1) is 11.1. The molecule has 0 bridgehead atoms. The third-order valence-electron chi connectivity index (χ3n) is 4.29. The van der Waals surface area contributed by atoms with Crippen LogP contribution in [0.2, 0.25) is 0 Å². The molecule has 2 N–H and O–H groups in total. The molecule has 1 aliphatic heterocycles. The van der Waals surface area contributed by atoms with Crippen molar-refractivity contribution in [3.8, 4) is 5.75 Å². The average Bonchev–Trinajstić information content (AvgIpc) is 2.96. The van der Waals surface area contributed by atoms with Crippen LogP contribution < -0.4 is 10.5 Å². The number of hydrogen-bond donors (Lipinski definition) is 1. The molecule has 2 aromatic rings. The minimum atomic E-state index is -0.578. The molecule has 0 aromatic heterocycles. The van der Waals surface area contributed by atoms with Crippen molar-refractivity contribution in [1.82, 2.24) is 4.90 Å². The van der Waals surface area contributed by atoms with Gasteiger partial charge in [0, 0.05) is 31.1 Å². The van der Waals surface area contributed by atoms with Crippen LogP contribution in [0.1, 0.15) is 21.8 Å². The molecule has 0 saturated carbocycles. The number of methoxy groups -OCH3 is 1. The SMILES string of the molecule is COc1ccc(C(=O)N2C[C@@H](N)[C@H](c3ccccc3)C2)c(F)c1. The van der Waals surface area contributed by atoms with E-state index in [9.17, 15) is 9.18 Å². The fraction of sp³-hybridized carbons (Fsp3) is 0.278. The second-order valence-corrected chi connectivity index (χ2v) is 5.74. The Balaban J connectivity index is 1.79. The van der Waals surface area contributed by atoms with Crippen LogP contribution in [0.25, 0.3) is 0 Å². The third kappa shape index (κ3) is 3.05. The van der Waals surface area contributed by atoms with E-state index in [1.54, 1.807) is 11.0 Å². The van der Waals surface area contributed by atoms with Gasteiger partial charge >= 0.3 is 0 Å². The Morgan fingerprint density at radius 2 is 1.96 bits per heavy atom. The molecule has 1 fully saturated rings. The molecule has 2 atom stereocenters. The lowest BCUT2D eigenvalue weighted by molar-refractivity contribution is 0.0784. The van der Waals surface area contributed by atoms with Crippen LogP contribution in [0, 0.1) is 5.82 Å². The van der Waals surface area contributed by atoms with Gasteiger partial charge in [-0.3, -0.25) is 4.79 Å². The standard InChI is InChI=1S/C18H19FN2O2/c1-23-13-7-8-14(16(19)9-13)18(22)21-10-15(17(20)11-21)12-5-3-2-4-6-12/h2-9,15,17H,10-11,20H2,1H3/t15-,17+/m0/s1. The van der Waals surface area contributed by atoms with Gasteiger partial charge in [0.25, 0.3) is 5.91 Å². The molecule has 2 aromatic carbocycles. The molecule has 1 heterocycles. The Labute approximate surface area is 134 Å². The van der Waals surface area contributed by atoms with E-state index in [0.717, 1.165) is 5.56 Å². The summed E-state index contributed by atoms with van der Waals surface area (Å²) >= 11 is 0. The zero-order valence-electron chi connectivity index (χ0n) is 12.9. The Kier molecular flexibility index (Phi) is 4.30. The Bertz CT molecular complexity index is 705. The number of hydrogen-bond acceptors (Lipinski definition) is 3. The van der Waals surface area contributed by atoms with E-state index < -0.39 is 5.82 Å².